The van der Waals surface area contributed by atoms with Gasteiger partial charge in [0.1, 0.15) is 6.04 Å². The summed E-state index contributed by atoms with van der Waals surface area (Å²) < 4.78 is 0. The summed E-state index contributed by atoms with van der Waals surface area (Å²) in [4.78, 5) is 21.8. The van der Waals surface area contributed by atoms with E-state index in [2.05, 4.69) is 5.32 Å². The summed E-state index contributed by atoms with van der Waals surface area (Å²) in [6.07, 6.45) is 6.90. The number of hydrogen-bond acceptors (Lipinski definition) is 2. The standard InChI is InChI=1S/C12H19NO3/c1-8(14)13-10(11(15)16)5-9-6-12(7-9)3-2-4-12/h9-10H,2-7H2,1H3,(H,13,14)(H,15,16)/t10-/m1/s1. The molecule has 1 spiro atoms. The molecule has 2 N–H and O–H groups in total. The molecule has 2 aliphatic rings. The normalized spacial score (nSPS) is 24.3. The summed E-state index contributed by atoms with van der Waals surface area (Å²) in [5, 5.41) is 11.5. The maximum absolute atomic E-state index is 10.9. The zero-order valence-corrected chi connectivity index (χ0v) is 9.66. The Morgan fingerprint density at radius 3 is 2.44 bits per heavy atom. The van der Waals surface area contributed by atoms with Gasteiger partial charge in [-0.05, 0) is 43.4 Å². The first-order valence-electron chi connectivity index (χ1n) is 6.01. The molecule has 0 aromatic carbocycles. The van der Waals surface area contributed by atoms with E-state index in [-0.39, 0.29) is 5.91 Å². The van der Waals surface area contributed by atoms with Crippen molar-refractivity contribution in [1.82, 2.24) is 5.32 Å². The van der Waals surface area contributed by atoms with Crippen LogP contribution in [0.25, 0.3) is 0 Å². The smallest absolute Gasteiger partial charge is 0.326 e. The average molecular weight is 225 g/mol. The molecule has 0 aromatic rings. The van der Waals surface area contributed by atoms with Crippen molar-refractivity contribution < 1.29 is 14.7 Å². The number of amides is 1. The fourth-order valence-electron chi connectivity index (χ4n) is 3.22. The van der Waals surface area contributed by atoms with E-state index in [0.29, 0.717) is 17.8 Å². The molecule has 0 unspecified atom stereocenters. The van der Waals surface area contributed by atoms with Crippen molar-refractivity contribution >= 4 is 11.9 Å². The topological polar surface area (TPSA) is 66.4 Å². The first kappa shape index (κ1) is 11.4. The van der Waals surface area contributed by atoms with Crippen LogP contribution in [0.15, 0.2) is 0 Å². The van der Waals surface area contributed by atoms with Crippen molar-refractivity contribution in [3.63, 3.8) is 0 Å². The summed E-state index contributed by atoms with van der Waals surface area (Å²) in [5.41, 5.74) is 0.573. The van der Waals surface area contributed by atoms with E-state index in [1.165, 1.54) is 26.2 Å². The molecule has 4 nitrogen and oxygen atoms in total. The zero-order valence-electron chi connectivity index (χ0n) is 9.66. The van der Waals surface area contributed by atoms with Crippen LogP contribution in [0.3, 0.4) is 0 Å². The van der Waals surface area contributed by atoms with E-state index in [1.54, 1.807) is 0 Å². The monoisotopic (exact) mass is 225 g/mol. The van der Waals surface area contributed by atoms with Crippen LogP contribution in [0.4, 0.5) is 0 Å². The first-order chi connectivity index (χ1) is 7.51. The number of hydrogen-bond donors (Lipinski definition) is 2. The summed E-state index contributed by atoms with van der Waals surface area (Å²) >= 11 is 0. The maximum atomic E-state index is 10.9. The number of carbonyl (C=O) groups excluding carboxylic acids is 1. The Balaban J connectivity index is 1.78. The molecule has 0 heterocycles. The van der Waals surface area contributed by atoms with Gasteiger partial charge in [0, 0.05) is 6.92 Å². The molecule has 1 amide bonds. The van der Waals surface area contributed by atoms with Crippen molar-refractivity contribution in [1.29, 1.82) is 0 Å². The summed E-state index contributed by atoms with van der Waals surface area (Å²) in [5.74, 6) is -0.678. The Bertz CT molecular complexity index is 301. The molecule has 90 valence electrons. The van der Waals surface area contributed by atoms with Gasteiger partial charge in [-0.2, -0.15) is 0 Å². The van der Waals surface area contributed by atoms with Crippen molar-refractivity contribution in [2.75, 3.05) is 0 Å². The Morgan fingerprint density at radius 2 is 2.06 bits per heavy atom. The highest BCUT2D eigenvalue weighted by atomic mass is 16.4. The highest BCUT2D eigenvalue weighted by Gasteiger charge is 2.48. The average Bonchev–Trinajstić information content (AvgIpc) is 2.03. The quantitative estimate of drug-likeness (QED) is 0.762. The van der Waals surface area contributed by atoms with E-state index >= 15 is 0 Å². The van der Waals surface area contributed by atoms with Gasteiger partial charge in [0.2, 0.25) is 5.91 Å². The SMILES string of the molecule is CC(=O)N[C@H](CC1CC2(CCC2)C1)C(=O)O. The zero-order chi connectivity index (χ0) is 11.8. The van der Waals surface area contributed by atoms with Crippen LogP contribution >= 0.6 is 0 Å². The number of aliphatic carboxylic acids is 1. The first-order valence-corrected chi connectivity index (χ1v) is 6.01. The van der Waals surface area contributed by atoms with Gasteiger partial charge in [-0.3, -0.25) is 4.79 Å². The van der Waals surface area contributed by atoms with Gasteiger partial charge in [0.05, 0.1) is 0 Å². The van der Waals surface area contributed by atoms with E-state index in [1.807, 2.05) is 0 Å². The number of nitrogens with one attached hydrogen (secondary N) is 1. The van der Waals surface area contributed by atoms with Crippen LogP contribution in [0.5, 0.6) is 0 Å². The molecule has 0 aromatic heterocycles. The third-order valence-electron chi connectivity index (χ3n) is 4.10. The number of carboxylic acids is 1. The molecule has 2 fully saturated rings. The fourth-order valence-corrected chi connectivity index (χ4v) is 3.22. The molecule has 16 heavy (non-hydrogen) atoms. The number of rotatable bonds is 4. The molecule has 1 atom stereocenters. The molecule has 2 rings (SSSR count). The van der Waals surface area contributed by atoms with Gasteiger partial charge >= 0.3 is 5.97 Å². The molecular formula is C12H19NO3. The third kappa shape index (κ3) is 2.20. The Kier molecular flexibility index (Phi) is 2.91. The summed E-state index contributed by atoms with van der Waals surface area (Å²) in [6, 6.07) is -0.695. The lowest BCUT2D eigenvalue weighted by Crippen LogP contribution is -2.47. The molecular weight excluding hydrogens is 206 g/mol. The highest BCUT2D eigenvalue weighted by molar-refractivity contribution is 5.82. The second-order valence-electron chi connectivity index (χ2n) is 5.45. The minimum absolute atomic E-state index is 0.259. The van der Waals surface area contributed by atoms with E-state index < -0.39 is 12.0 Å². The van der Waals surface area contributed by atoms with Crippen molar-refractivity contribution in [3.05, 3.63) is 0 Å². The lowest BCUT2D eigenvalue weighted by atomic mass is 9.51. The lowest BCUT2D eigenvalue weighted by Gasteiger charge is -2.54. The minimum Gasteiger partial charge on any atom is -0.480 e. The number of carboxylic acid groups (broad SMARTS) is 1. The second kappa shape index (κ2) is 4.07. The largest absolute Gasteiger partial charge is 0.480 e. The minimum atomic E-state index is -0.912. The number of carbonyl (C=O) groups is 2. The van der Waals surface area contributed by atoms with Gasteiger partial charge in [0.15, 0.2) is 0 Å². The van der Waals surface area contributed by atoms with Crippen LogP contribution in [0, 0.1) is 11.3 Å². The predicted octanol–water partition coefficient (Wildman–Crippen LogP) is 1.55. The van der Waals surface area contributed by atoms with Crippen LogP contribution < -0.4 is 5.32 Å². The van der Waals surface area contributed by atoms with Gasteiger partial charge < -0.3 is 10.4 Å². The molecule has 2 saturated carbocycles. The van der Waals surface area contributed by atoms with E-state index in [9.17, 15) is 9.59 Å². The maximum Gasteiger partial charge on any atom is 0.326 e. The second-order valence-corrected chi connectivity index (χ2v) is 5.45. The Morgan fingerprint density at radius 1 is 1.44 bits per heavy atom. The predicted molar refractivity (Wildman–Crippen MR) is 58.9 cm³/mol. The molecule has 0 aliphatic heterocycles. The van der Waals surface area contributed by atoms with Gasteiger partial charge in [-0.25, -0.2) is 4.79 Å². The Hall–Kier alpha value is -1.06. The summed E-state index contributed by atoms with van der Waals surface area (Å²) in [6.45, 7) is 1.37. The van der Waals surface area contributed by atoms with Crippen molar-refractivity contribution in [2.45, 2.75) is 51.5 Å². The molecule has 0 saturated heterocycles. The molecule has 0 radical (unpaired) electrons. The van der Waals surface area contributed by atoms with Crippen LogP contribution in [-0.4, -0.2) is 23.0 Å². The third-order valence-corrected chi connectivity index (χ3v) is 4.10. The lowest BCUT2D eigenvalue weighted by molar-refractivity contribution is -0.143. The fraction of sp³-hybridized carbons (Fsp3) is 0.833. The van der Waals surface area contributed by atoms with Gasteiger partial charge in [-0.1, -0.05) is 6.42 Å². The molecule has 0 bridgehead atoms. The van der Waals surface area contributed by atoms with Crippen LogP contribution in [0.1, 0.15) is 45.4 Å². The van der Waals surface area contributed by atoms with Crippen LogP contribution in [-0.2, 0) is 9.59 Å². The van der Waals surface area contributed by atoms with E-state index in [0.717, 1.165) is 12.8 Å². The molecule has 2 aliphatic carbocycles. The van der Waals surface area contributed by atoms with Crippen LogP contribution in [0.2, 0.25) is 0 Å². The molecule has 4 heteroatoms. The highest BCUT2D eigenvalue weighted by Crippen LogP contribution is 2.59. The van der Waals surface area contributed by atoms with Gasteiger partial charge in [0.25, 0.3) is 0 Å². The van der Waals surface area contributed by atoms with E-state index in [4.69, 9.17) is 5.11 Å². The van der Waals surface area contributed by atoms with Crippen molar-refractivity contribution in [2.24, 2.45) is 11.3 Å². The summed E-state index contributed by atoms with van der Waals surface area (Å²) in [7, 11) is 0. The van der Waals surface area contributed by atoms with Crippen molar-refractivity contribution in [3.8, 4) is 0 Å². The van der Waals surface area contributed by atoms with Gasteiger partial charge in [-0.15, -0.1) is 0 Å². The Labute approximate surface area is 95.4 Å².